The molecule has 1 rings (SSSR count). The summed E-state index contributed by atoms with van der Waals surface area (Å²) < 4.78 is 10.5. The molecule has 0 aromatic carbocycles. The molecule has 1 aliphatic heterocycles. The molecule has 2 atom stereocenters. The van der Waals surface area contributed by atoms with Crippen molar-refractivity contribution in [3.05, 3.63) is 0 Å². The first-order valence-corrected chi connectivity index (χ1v) is 6.83. The molecule has 6 nitrogen and oxygen atoms in total. The molecule has 1 N–H and O–H groups in total. The summed E-state index contributed by atoms with van der Waals surface area (Å²) >= 11 is 0. The van der Waals surface area contributed by atoms with Gasteiger partial charge in [0.05, 0.1) is 0 Å². The average Bonchev–Trinajstić information content (AvgIpc) is 2.54. The van der Waals surface area contributed by atoms with Crippen molar-refractivity contribution in [2.75, 3.05) is 0 Å². The van der Waals surface area contributed by atoms with Crippen molar-refractivity contribution in [1.82, 2.24) is 4.90 Å². The van der Waals surface area contributed by atoms with Gasteiger partial charge in [-0.3, -0.25) is 4.90 Å². The van der Waals surface area contributed by atoms with E-state index in [-0.39, 0.29) is 0 Å². The zero-order chi connectivity index (χ0) is 15.7. The zero-order valence-electron chi connectivity index (χ0n) is 13.1. The first-order valence-electron chi connectivity index (χ1n) is 6.83. The van der Waals surface area contributed by atoms with Crippen LogP contribution in [0.5, 0.6) is 0 Å². The predicted octanol–water partition coefficient (Wildman–Crippen LogP) is 2.05. The van der Waals surface area contributed by atoms with E-state index in [1.165, 1.54) is 0 Å². The highest BCUT2D eigenvalue weighted by Gasteiger charge is 2.43. The number of hydrogen-bond donors (Lipinski definition) is 1. The molecule has 6 heteroatoms. The van der Waals surface area contributed by atoms with E-state index in [9.17, 15) is 14.7 Å². The Balaban J connectivity index is 2.81. The predicted molar refractivity (Wildman–Crippen MR) is 72.9 cm³/mol. The number of hydrogen-bond acceptors (Lipinski definition) is 5. The second-order valence-electron chi connectivity index (χ2n) is 6.99. The highest BCUT2D eigenvalue weighted by Crippen LogP contribution is 2.27. The topological polar surface area (TPSA) is 76.1 Å². The molecule has 1 heterocycles. The lowest BCUT2D eigenvalue weighted by atomic mass is 10.1. The molecule has 0 saturated carbocycles. The van der Waals surface area contributed by atoms with Gasteiger partial charge in [0.2, 0.25) is 0 Å². The minimum Gasteiger partial charge on any atom is -0.458 e. The third kappa shape index (κ3) is 4.67. The molecule has 20 heavy (non-hydrogen) atoms. The van der Waals surface area contributed by atoms with Crippen LogP contribution in [0.2, 0.25) is 0 Å². The number of likely N-dealkylation sites (tertiary alicyclic amines) is 1. The normalized spacial score (nSPS) is 23.6. The summed E-state index contributed by atoms with van der Waals surface area (Å²) in [7, 11) is 0. The van der Waals surface area contributed by atoms with Gasteiger partial charge in [-0.1, -0.05) is 0 Å². The van der Waals surface area contributed by atoms with Gasteiger partial charge in [-0.05, 0) is 54.4 Å². The van der Waals surface area contributed by atoms with Gasteiger partial charge in [-0.15, -0.1) is 0 Å². The van der Waals surface area contributed by atoms with Crippen LogP contribution in [0.3, 0.4) is 0 Å². The van der Waals surface area contributed by atoms with E-state index in [2.05, 4.69) is 0 Å². The van der Waals surface area contributed by atoms with Crippen LogP contribution in [0.4, 0.5) is 4.79 Å². The molecule has 1 saturated heterocycles. The van der Waals surface area contributed by atoms with Crippen molar-refractivity contribution >= 4 is 12.1 Å². The Morgan fingerprint density at radius 3 is 1.95 bits per heavy atom. The fourth-order valence-electron chi connectivity index (χ4n) is 1.96. The van der Waals surface area contributed by atoms with Crippen LogP contribution in [0, 0.1) is 0 Å². The smallest absolute Gasteiger partial charge is 0.413 e. The summed E-state index contributed by atoms with van der Waals surface area (Å²) in [4.78, 5) is 25.3. The van der Waals surface area contributed by atoms with Crippen molar-refractivity contribution in [2.24, 2.45) is 0 Å². The van der Waals surface area contributed by atoms with Crippen molar-refractivity contribution in [3.63, 3.8) is 0 Å². The number of nitrogens with zero attached hydrogens (tertiary/aromatic N) is 1. The fraction of sp³-hybridized carbons (Fsp3) is 0.857. The Labute approximate surface area is 120 Å². The molecule has 0 aromatic rings. The third-order valence-electron chi connectivity index (χ3n) is 2.64. The van der Waals surface area contributed by atoms with Gasteiger partial charge in [-0.25, -0.2) is 9.59 Å². The summed E-state index contributed by atoms with van der Waals surface area (Å²) in [5, 5.41) is 9.89. The van der Waals surface area contributed by atoms with Crippen LogP contribution in [0.15, 0.2) is 0 Å². The number of rotatable bonds is 1. The summed E-state index contributed by atoms with van der Waals surface area (Å²) in [6.07, 6.45) is -1.00. The molecule has 1 amide bonds. The number of aliphatic hydroxyl groups is 1. The van der Waals surface area contributed by atoms with Gasteiger partial charge in [-0.2, -0.15) is 0 Å². The van der Waals surface area contributed by atoms with E-state index in [0.29, 0.717) is 12.8 Å². The van der Waals surface area contributed by atoms with Gasteiger partial charge in [0.1, 0.15) is 23.5 Å². The van der Waals surface area contributed by atoms with Gasteiger partial charge in [0.15, 0.2) is 0 Å². The first-order chi connectivity index (χ1) is 8.91. The Hall–Kier alpha value is -1.30. The summed E-state index contributed by atoms with van der Waals surface area (Å²) in [6, 6.07) is -0.793. The van der Waals surface area contributed by atoms with Crippen LogP contribution < -0.4 is 0 Å². The minimum atomic E-state index is -1.01. The number of ether oxygens (including phenoxy) is 2. The summed E-state index contributed by atoms with van der Waals surface area (Å²) in [5.41, 5.74) is -1.32. The molecule has 0 aliphatic carbocycles. The number of aliphatic hydroxyl groups excluding tert-OH is 1. The Bertz CT molecular complexity index is 380. The maximum atomic E-state index is 12.1. The van der Waals surface area contributed by atoms with Gasteiger partial charge >= 0.3 is 12.1 Å². The van der Waals surface area contributed by atoms with Crippen molar-refractivity contribution < 1.29 is 24.2 Å². The van der Waals surface area contributed by atoms with Crippen molar-refractivity contribution in [1.29, 1.82) is 0 Å². The lowest BCUT2D eigenvalue weighted by molar-refractivity contribution is -0.162. The zero-order valence-corrected chi connectivity index (χ0v) is 13.1. The van der Waals surface area contributed by atoms with Crippen molar-refractivity contribution in [3.8, 4) is 0 Å². The van der Waals surface area contributed by atoms with E-state index in [1.807, 2.05) is 0 Å². The highest BCUT2D eigenvalue weighted by atomic mass is 16.6. The van der Waals surface area contributed by atoms with Crippen molar-refractivity contribution in [2.45, 2.75) is 77.9 Å². The molecule has 116 valence electrons. The number of esters is 1. The quantitative estimate of drug-likeness (QED) is 0.747. The average molecular weight is 287 g/mol. The van der Waals surface area contributed by atoms with E-state index in [1.54, 1.807) is 41.5 Å². The van der Waals surface area contributed by atoms with E-state index in [4.69, 9.17) is 9.47 Å². The molecule has 0 spiro atoms. The van der Waals surface area contributed by atoms with Gasteiger partial charge in [0, 0.05) is 0 Å². The van der Waals surface area contributed by atoms with E-state index < -0.39 is 35.5 Å². The van der Waals surface area contributed by atoms with E-state index >= 15 is 0 Å². The third-order valence-corrected chi connectivity index (χ3v) is 2.64. The Kier molecular flexibility index (Phi) is 4.69. The Morgan fingerprint density at radius 1 is 1.00 bits per heavy atom. The maximum absolute atomic E-state index is 12.1. The standard InChI is InChI=1S/C14H25NO5/c1-13(2,3)19-11(17)9-7-8-10(16)15(9)12(18)20-14(4,5)6/h9-10,16H,7-8H2,1-6H3. The van der Waals surface area contributed by atoms with Crippen LogP contribution in [0.25, 0.3) is 0 Å². The summed E-state index contributed by atoms with van der Waals surface area (Å²) in [5.74, 6) is -0.514. The van der Waals surface area contributed by atoms with Crippen LogP contribution in [-0.4, -0.2) is 45.5 Å². The minimum absolute atomic E-state index is 0.336. The SMILES string of the molecule is CC(C)(C)OC(=O)C1CCC(O)N1C(=O)OC(C)(C)C. The van der Waals surface area contributed by atoms with E-state index in [0.717, 1.165) is 4.90 Å². The lowest BCUT2D eigenvalue weighted by Gasteiger charge is -2.31. The van der Waals surface area contributed by atoms with Gasteiger partial charge < -0.3 is 14.6 Å². The second-order valence-corrected chi connectivity index (χ2v) is 6.99. The molecular formula is C14H25NO5. The highest BCUT2D eigenvalue weighted by molar-refractivity contribution is 5.82. The maximum Gasteiger partial charge on any atom is 0.413 e. The second kappa shape index (κ2) is 5.60. The first kappa shape index (κ1) is 16.8. The monoisotopic (exact) mass is 287 g/mol. The summed E-state index contributed by atoms with van der Waals surface area (Å²) in [6.45, 7) is 10.5. The number of amides is 1. The fourth-order valence-corrected chi connectivity index (χ4v) is 1.96. The van der Waals surface area contributed by atoms with Crippen LogP contribution in [-0.2, 0) is 14.3 Å². The molecule has 1 aliphatic rings. The molecule has 0 aromatic heterocycles. The molecule has 1 fully saturated rings. The van der Waals surface area contributed by atoms with Crippen LogP contribution >= 0.6 is 0 Å². The Morgan fingerprint density at radius 2 is 1.50 bits per heavy atom. The van der Waals surface area contributed by atoms with Crippen LogP contribution in [0.1, 0.15) is 54.4 Å². The largest absolute Gasteiger partial charge is 0.458 e. The van der Waals surface area contributed by atoms with Gasteiger partial charge in [0.25, 0.3) is 0 Å². The molecule has 2 unspecified atom stereocenters. The molecule has 0 bridgehead atoms. The molecule has 0 radical (unpaired) electrons. The lowest BCUT2D eigenvalue weighted by Crippen LogP contribution is -2.48. The molecular weight excluding hydrogens is 262 g/mol. The number of carbonyl (C=O) groups is 2. The number of carbonyl (C=O) groups excluding carboxylic acids is 2.